The second-order valence-electron chi connectivity index (χ2n) is 7.99. The number of hydrogen-bond acceptors (Lipinski definition) is 6. The number of nitrogens with one attached hydrogen (secondary N) is 1. The maximum Gasteiger partial charge on any atom is 0.230 e. The van der Waals surface area contributed by atoms with Crippen LogP contribution in [0.4, 0.5) is 4.39 Å². The highest BCUT2D eigenvalue weighted by Gasteiger charge is 2.20. The van der Waals surface area contributed by atoms with Crippen LogP contribution in [0.3, 0.4) is 0 Å². The van der Waals surface area contributed by atoms with Crippen LogP contribution in [-0.2, 0) is 16.1 Å². The summed E-state index contributed by atoms with van der Waals surface area (Å²) in [6.45, 7) is 10.8. The van der Waals surface area contributed by atoms with Crippen molar-refractivity contribution in [1.82, 2.24) is 25.0 Å². The molecule has 2 aromatic rings. The molecule has 0 unspecified atom stereocenters. The molecular weight excluding hydrogens is 405 g/mol. The van der Waals surface area contributed by atoms with Gasteiger partial charge in [-0.15, -0.1) is 10.2 Å². The minimum absolute atomic E-state index is 0.0297. The fourth-order valence-corrected chi connectivity index (χ4v) is 3.87. The summed E-state index contributed by atoms with van der Waals surface area (Å²) in [6.07, 6.45) is 0.855. The van der Waals surface area contributed by atoms with E-state index in [4.69, 9.17) is 4.74 Å². The molecule has 30 heavy (non-hydrogen) atoms. The fraction of sp³-hybridized carbons (Fsp3) is 0.571. The van der Waals surface area contributed by atoms with Gasteiger partial charge in [-0.2, -0.15) is 0 Å². The van der Waals surface area contributed by atoms with E-state index < -0.39 is 0 Å². The lowest BCUT2D eigenvalue weighted by Crippen LogP contribution is -2.43. The molecular formula is C21H30FN5O2S. The van der Waals surface area contributed by atoms with Gasteiger partial charge in [-0.3, -0.25) is 9.69 Å². The summed E-state index contributed by atoms with van der Waals surface area (Å²) in [5.74, 6) is 0.628. The number of rotatable bonds is 9. The zero-order valence-electron chi connectivity index (χ0n) is 17.9. The molecule has 3 rings (SSSR count). The fourth-order valence-electron chi connectivity index (χ4n) is 3.11. The van der Waals surface area contributed by atoms with Crippen LogP contribution in [0.5, 0.6) is 0 Å². The first-order valence-corrected chi connectivity index (χ1v) is 11.3. The Balaban J connectivity index is 1.74. The number of halogens is 1. The summed E-state index contributed by atoms with van der Waals surface area (Å²) in [5.41, 5.74) is 0.565. The number of carbonyl (C=O) groups excluding carboxylic acids is 1. The minimum atomic E-state index is -0.289. The molecule has 1 aromatic heterocycles. The normalized spacial score (nSPS) is 15.3. The predicted octanol–water partition coefficient (Wildman–Crippen LogP) is 2.81. The number of hydrogen-bond donors (Lipinski definition) is 1. The van der Waals surface area contributed by atoms with Gasteiger partial charge in [0.25, 0.3) is 0 Å². The summed E-state index contributed by atoms with van der Waals surface area (Å²) in [6, 6.07) is 6.25. The Morgan fingerprint density at radius 3 is 2.57 bits per heavy atom. The van der Waals surface area contributed by atoms with Gasteiger partial charge in [0.05, 0.1) is 19.0 Å². The first-order chi connectivity index (χ1) is 14.4. The van der Waals surface area contributed by atoms with Crippen molar-refractivity contribution in [1.29, 1.82) is 0 Å². The lowest BCUT2D eigenvalue weighted by molar-refractivity contribution is -0.120. The molecule has 1 saturated heterocycles. The van der Waals surface area contributed by atoms with Gasteiger partial charge in [0.1, 0.15) is 5.82 Å². The van der Waals surface area contributed by atoms with Gasteiger partial charge in [0.15, 0.2) is 11.0 Å². The standard InChI is InChI=1S/C21H30FN5O2S/c1-4-21(2,3)23-18(28)15-30-20-25-24-19(16-5-7-17(22)8-6-16)27(20)10-9-26-11-13-29-14-12-26/h5-8H,4,9-15H2,1-3H3,(H,23,28). The maximum absolute atomic E-state index is 13.4. The molecule has 0 aliphatic carbocycles. The first-order valence-electron chi connectivity index (χ1n) is 10.3. The van der Waals surface area contributed by atoms with E-state index in [0.29, 0.717) is 17.5 Å². The van der Waals surface area contributed by atoms with Crippen molar-refractivity contribution in [3.05, 3.63) is 30.1 Å². The van der Waals surface area contributed by atoms with E-state index >= 15 is 0 Å². The van der Waals surface area contributed by atoms with Crippen LogP contribution < -0.4 is 5.32 Å². The molecule has 0 bridgehead atoms. The first kappa shape index (κ1) is 22.7. The molecule has 1 fully saturated rings. The van der Waals surface area contributed by atoms with E-state index in [-0.39, 0.29) is 23.0 Å². The third-order valence-corrected chi connectivity index (χ3v) is 6.22. The van der Waals surface area contributed by atoms with E-state index in [9.17, 15) is 9.18 Å². The molecule has 0 atom stereocenters. The highest BCUT2D eigenvalue weighted by molar-refractivity contribution is 7.99. The van der Waals surface area contributed by atoms with Crippen LogP contribution in [0.25, 0.3) is 11.4 Å². The quantitative estimate of drug-likeness (QED) is 0.611. The molecule has 0 spiro atoms. The Labute approximate surface area is 181 Å². The van der Waals surface area contributed by atoms with Crippen molar-refractivity contribution in [2.45, 2.75) is 44.4 Å². The molecule has 2 heterocycles. The smallest absolute Gasteiger partial charge is 0.230 e. The van der Waals surface area contributed by atoms with Gasteiger partial charge >= 0.3 is 0 Å². The molecule has 1 N–H and O–H groups in total. The van der Waals surface area contributed by atoms with Crippen LogP contribution in [0.1, 0.15) is 27.2 Å². The van der Waals surface area contributed by atoms with Gasteiger partial charge in [0, 0.05) is 37.3 Å². The van der Waals surface area contributed by atoms with E-state index in [0.717, 1.165) is 44.8 Å². The Morgan fingerprint density at radius 1 is 1.20 bits per heavy atom. The Hall–Kier alpha value is -1.97. The van der Waals surface area contributed by atoms with Crippen LogP contribution >= 0.6 is 11.8 Å². The van der Waals surface area contributed by atoms with Crippen molar-refractivity contribution in [3.8, 4) is 11.4 Å². The van der Waals surface area contributed by atoms with E-state index in [2.05, 4.69) is 20.4 Å². The van der Waals surface area contributed by atoms with E-state index in [1.54, 1.807) is 12.1 Å². The number of amides is 1. The molecule has 7 nitrogen and oxygen atoms in total. The number of benzene rings is 1. The van der Waals surface area contributed by atoms with Gasteiger partial charge in [-0.25, -0.2) is 4.39 Å². The Kier molecular flexibility index (Phi) is 7.85. The average molecular weight is 436 g/mol. The summed E-state index contributed by atoms with van der Waals surface area (Å²) in [7, 11) is 0. The lowest BCUT2D eigenvalue weighted by Gasteiger charge is -2.27. The molecule has 9 heteroatoms. The van der Waals surface area contributed by atoms with Crippen molar-refractivity contribution in [2.75, 3.05) is 38.6 Å². The number of ether oxygens (including phenoxy) is 1. The molecule has 1 aliphatic rings. The van der Waals surface area contributed by atoms with Crippen LogP contribution in [0, 0.1) is 5.82 Å². The van der Waals surface area contributed by atoms with Crippen LogP contribution in [0.15, 0.2) is 29.4 Å². The van der Waals surface area contributed by atoms with Crippen molar-refractivity contribution in [2.24, 2.45) is 0 Å². The van der Waals surface area contributed by atoms with E-state index in [1.807, 2.05) is 25.3 Å². The molecule has 1 aliphatic heterocycles. The zero-order chi connectivity index (χ0) is 21.6. The highest BCUT2D eigenvalue weighted by atomic mass is 32.2. The number of nitrogens with zero attached hydrogens (tertiary/aromatic N) is 4. The second kappa shape index (κ2) is 10.4. The second-order valence-corrected chi connectivity index (χ2v) is 8.94. The monoisotopic (exact) mass is 435 g/mol. The largest absolute Gasteiger partial charge is 0.379 e. The average Bonchev–Trinajstić information content (AvgIpc) is 3.14. The maximum atomic E-state index is 13.4. The van der Waals surface area contributed by atoms with Gasteiger partial charge in [-0.05, 0) is 44.5 Å². The number of thioether (sulfide) groups is 1. The topological polar surface area (TPSA) is 72.3 Å². The minimum Gasteiger partial charge on any atom is -0.379 e. The van der Waals surface area contributed by atoms with Crippen LogP contribution in [-0.4, -0.2) is 69.7 Å². The van der Waals surface area contributed by atoms with E-state index in [1.165, 1.54) is 23.9 Å². The summed E-state index contributed by atoms with van der Waals surface area (Å²) in [5, 5.41) is 12.4. The number of morpholine rings is 1. The van der Waals surface area contributed by atoms with Crippen LogP contribution in [0.2, 0.25) is 0 Å². The van der Waals surface area contributed by atoms with Crippen molar-refractivity contribution < 1.29 is 13.9 Å². The SMILES string of the molecule is CCC(C)(C)NC(=O)CSc1nnc(-c2ccc(F)cc2)n1CCN1CCOCC1. The molecule has 1 amide bonds. The number of aromatic nitrogens is 3. The summed E-state index contributed by atoms with van der Waals surface area (Å²) < 4.78 is 20.8. The third-order valence-electron chi connectivity index (χ3n) is 5.26. The van der Waals surface area contributed by atoms with Crippen molar-refractivity contribution >= 4 is 17.7 Å². The molecule has 1 aromatic carbocycles. The Morgan fingerprint density at radius 2 is 1.90 bits per heavy atom. The lowest BCUT2D eigenvalue weighted by atomic mass is 10.0. The highest BCUT2D eigenvalue weighted by Crippen LogP contribution is 2.24. The predicted molar refractivity (Wildman–Crippen MR) is 116 cm³/mol. The van der Waals surface area contributed by atoms with Gasteiger partial charge < -0.3 is 14.6 Å². The summed E-state index contributed by atoms with van der Waals surface area (Å²) in [4.78, 5) is 14.7. The molecule has 0 radical (unpaired) electrons. The summed E-state index contributed by atoms with van der Waals surface area (Å²) >= 11 is 1.37. The van der Waals surface area contributed by atoms with Gasteiger partial charge in [0.2, 0.25) is 5.91 Å². The molecule has 164 valence electrons. The molecule has 0 saturated carbocycles. The van der Waals surface area contributed by atoms with Gasteiger partial charge in [-0.1, -0.05) is 18.7 Å². The third kappa shape index (κ3) is 6.26. The number of carbonyl (C=O) groups is 1. The Bertz CT molecular complexity index is 834. The van der Waals surface area contributed by atoms with Crippen molar-refractivity contribution in [3.63, 3.8) is 0 Å². The zero-order valence-corrected chi connectivity index (χ0v) is 18.7.